The van der Waals surface area contributed by atoms with Crippen molar-refractivity contribution >= 4 is 34.9 Å². The van der Waals surface area contributed by atoms with Crippen molar-refractivity contribution in [3.63, 3.8) is 0 Å². The van der Waals surface area contributed by atoms with Gasteiger partial charge in [-0.1, -0.05) is 36.4 Å². The Morgan fingerprint density at radius 2 is 1.85 bits per heavy atom. The van der Waals surface area contributed by atoms with Gasteiger partial charge in [0.2, 0.25) is 0 Å². The number of aromatic nitrogens is 2. The first kappa shape index (κ1) is 20.7. The molecule has 1 unspecified atom stereocenters. The van der Waals surface area contributed by atoms with E-state index in [2.05, 4.69) is 0 Å². The summed E-state index contributed by atoms with van der Waals surface area (Å²) in [6.45, 7) is 0.0522. The average Bonchev–Trinajstić information content (AvgIpc) is 3.52. The quantitative estimate of drug-likeness (QED) is 0.461. The van der Waals surface area contributed by atoms with Gasteiger partial charge in [0.05, 0.1) is 22.8 Å². The van der Waals surface area contributed by atoms with E-state index in [1.807, 2.05) is 60.1 Å². The van der Waals surface area contributed by atoms with E-state index < -0.39 is 12.0 Å². The first-order valence-corrected chi connectivity index (χ1v) is 11.2. The largest absolute Gasteiger partial charge is 0.477 e. The number of hydrogen-bond acceptors (Lipinski definition) is 5. The van der Waals surface area contributed by atoms with Crippen molar-refractivity contribution in [1.82, 2.24) is 9.78 Å². The summed E-state index contributed by atoms with van der Waals surface area (Å²) in [5.74, 6) is -0.442. The second-order valence-electron chi connectivity index (χ2n) is 7.45. The standard InChI is InChI=1S/C25H20N4O3S/c26-25(31)21-16-28(19-9-4-5-10-20(19)32-21)23(30)13-12-17-15-29(18-7-2-1-3-8-18)27-24(17)22-11-6-14-33-22/h1-15,21H,16H2,(H2,26,31). The summed E-state index contributed by atoms with van der Waals surface area (Å²) in [5, 5.41) is 6.74. The number of thiophene rings is 1. The van der Waals surface area contributed by atoms with Crippen molar-refractivity contribution in [2.75, 3.05) is 11.4 Å². The van der Waals surface area contributed by atoms with Crippen molar-refractivity contribution in [3.05, 3.63) is 89.9 Å². The lowest BCUT2D eigenvalue weighted by molar-refractivity contribution is -0.125. The van der Waals surface area contributed by atoms with Crippen LogP contribution in [0.2, 0.25) is 0 Å². The number of benzene rings is 2. The lowest BCUT2D eigenvalue weighted by Gasteiger charge is -2.32. The molecule has 0 saturated carbocycles. The van der Waals surface area contributed by atoms with E-state index >= 15 is 0 Å². The summed E-state index contributed by atoms with van der Waals surface area (Å²) < 4.78 is 7.45. The van der Waals surface area contributed by atoms with Gasteiger partial charge in [0, 0.05) is 17.8 Å². The molecule has 0 radical (unpaired) electrons. The zero-order valence-electron chi connectivity index (χ0n) is 17.5. The summed E-state index contributed by atoms with van der Waals surface area (Å²) in [7, 11) is 0. The highest BCUT2D eigenvalue weighted by molar-refractivity contribution is 7.13. The maximum absolute atomic E-state index is 13.2. The minimum atomic E-state index is -0.903. The molecule has 3 heterocycles. The molecule has 2 aromatic heterocycles. The molecule has 164 valence electrons. The van der Waals surface area contributed by atoms with Crippen LogP contribution in [0.4, 0.5) is 5.69 Å². The molecule has 0 saturated heterocycles. The second-order valence-corrected chi connectivity index (χ2v) is 8.40. The van der Waals surface area contributed by atoms with Crippen LogP contribution in [0.3, 0.4) is 0 Å². The molecular formula is C25H20N4O3S. The monoisotopic (exact) mass is 456 g/mol. The number of carbonyl (C=O) groups excluding carboxylic acids is 2. The summed E-state index contributed by atoms with van der Waals surface area (Å²) >= 11 is 1.58. The number of primary amides is 1. The van der Waals surface area contributed by atoms with Crippen LogP contribution in [-0.2, 0) is 9.59 Å². The van der Waals surface area contributed by atoms with Gasteiger partial charge in [0.25, 0.3) is 11.8 Å². The first-order chi connectivity index (χ1) is 16.1. The van der Waals surface area contributed by atoms with Crippen molar-refractivity contribution in [1.29, 1.82) is 0 Å². The molecule has 1 atom stereocenters. The maximum atomic E-state index is 13.2. The van der Waals surface area contributed by atoms with E-state index in [1.165, 1.54) is 11.0 Å². The van der Waals surface area contributed by atoms with Gasteiger partial charge in [-0.2, -0.15) is 5.10 Å². The number of ether oxygens (including phenoxy) is 1. The number of amides is 2. The third-order valence-corrected chi connectivity index (χ3v) is 6.16. The predicted molar refractivity (Wildman–Crippen MR) is 128 cm³/mol. The zero-order chi connectivity index (χ0) is 22.8. The van der Waals surface area contributed by atoms with E-state index in [0.29, 0.717) is 11.4 Å². The summed E-state index contributed by atoms with van der Waals surface area (Å²) in [5.41, 5.74) is 8.57. The molecule has 0 spiro atoms. The number of nitrogens with zero attached hydrogens (tertiary/aromatic N) is 3. The van der Waals surface area contributed by atoms with Gasteiger partial charge in [0.1, 0.15) is 11.4 Å². The molecule has 33 heavy (non-hydrogen) atoms. The molecule has 1 aliphatic rings. The highest BCUT2D eigenvalue weighted by atomic mass is 32.1. The molecule has 1 aliphatic heterocycles. The van der Waals surface area contributed by atoms with Crippen molar-refractivity contribution < 1.29 is 14.3 Å². The highest BCUT2D eigenvalue weighted by Crippen LogP contribution is 2.34. The van der Waals surface area contributed by atoms with Crippen LogP contribution >= 0.6 is 11.3 Å². The minimum absolute atomic E-state index is 0.0522. The Morgan fingerprint density at radius 1 is 1.06 bits per heavy atom. The average molecular weight is 457 g/mol. The van der Waals surface area contributed by atoms with Crippen LogP contribution in [0.5, 0.6) is 5.75 Å². The van der Waals surface area contributed by atoms with Crippen LogP contribution in [0.15, 0.2) is 84.4 Å². The maximum Gasteiger partial charge on any atom is 0.260 e. The highest BCUT2D eigenvalue weighted by Gasteiger charge is 2.31. The van der Waals surface area contributed by atoms with E-state index in [-0.39, 0.29) is 12.5 Å². The molecule has 8 heteroatoms. The number of anilines is 1. The van der Waals surface area contributed by atoms with Gasteiger partial charge >= 0.3 is 0 Å². The molecule has 2 aromatic carbocycles. The summed E-state index contributed by atoms with van der Waals surface area (Å²) in [6.07, 6.45) is 4.23. The van der Waals surface area contributed by atoms with Crippen LogP contribution in [0.1, 0.15) is 5.56 Å². The topological polar surface area (TPSA) is 90.5 Å². The fraction of sp³-hybridized carbons (Fsp3) is 0.0800. The number of fused-ring (bicyclic) bond motifs is 1. The van der Waals surface area contributed by atoms with Crippen molar-refractivity contribution in [2.45, 2.75) is 6.10 Å². The molecule has 0 bridgehead atoms. The van der Waals surface area contributed by atoms with E-state index in [1.54, 1.807) is 40.3 Å². The number of para-hydroxylation sites is 3. The third kappa shape index (κ3) is 4.16. The van der Waals surface area contributed by atoms with E-state index in [0.717, 1.165) is 21.8 Å². The summed E-state index contributed by atoms with van der Waals surface area (Å²) in [6, 6.07) is 20.9. The fourth-order valence-corrected chi connectivity index (χ4v) is 4.40. The molecule has 0 aliphatic carbocycles. The van der Waals surface area contributed by atoms with E-state index in [9.17, 15) is 9.59 Å². The van der Waals surface area contributed by atoms with Crippen molar-refractivity contribution in [2.24, 2.45) is 5.73 Å². The van der Waals surface area contributed by atoms with Gasteiger partial charge < -0.3 is 15.4 Å². The van der Waals surface area contributed by atoms with Gasteiger partial charge in [-0.3, -0.25) is 9.59 Å². The van der Waals surface area contributed by atoms with Gasteiger partial charge in [-0.25, -0.2) is 4.68 Å². The van der Waals surface area contributed by atoms with Crippen LogP contribution in [-0.4, -0.2) is 34.2 Å². The Kier molecular flexibility index (Phi) is 5.50. The molecule has 4 aromatic rings. The predicted octanol–water partition coefficient (Wildman–Crippen LogP) is 3.89. The second kappa shape index (κ2) is 8.76. The zero-order valence-corrected chi connectivity index (χ0v) is 18.3. The van der Waals surface area contributed by atoms with E-state index in [4.69, 9.17) is 15.6 Å². The molecule has 0 fully saturated rings. The Hall–Kier alpha value is -4.17. The smallest absolute Gasteiger partial charge is 0.260 e. The molecular weight excluding hydrogens is 436 g/mol. The molecule has 2 amide bonds. The molecule has 5 rings (SSSR count). The lowest BCUT2D eigenvalue weighted by atomic mass is 10.1. The number of carbonyl (C=O) groups is 2. The third-order valence-electron chi connectivity index (χ3n) is 5.28. The fourth-order valence-electron chi connectivity index (χ4n) is 3.67. The lowest BCUT2D eigenvalue weighted by Crippen LogP contribution is -2.49. The first-order valence-electron chi connectivity index (χ1n) is 10.3. The Morgan fingerprint density at radius 3 is 2.61 bits per heavy atom. The Balaban J connectivity index is 1.48. The van der Waals surface area contributed by atoms with Gasteiger partial charge in [-0.05, 0) is 41.8 Å². The van der Waals surface area contributed by atoms with Crippen LogP contribution in [0.25, 0.3) is 22.3 Å². The van der Waals surface area contributed by atoms with Crippen LogP contribution < -0.4 is 15.4 Å². The van der Waals surface area contributed by atoms with Gasteiger partial charge in [0.15, 0.2) is 6.10 Å². The molecule has 7 nitrogen and oxygen atoms in total. The SMILES string of the molecule is NC(=O)C1CN(C(=O)C=Cc2cn(-c3ccccc3)nc2-c2cccs2)c2ccccc2O1. The Bertz CT molecular complexity index is 1330. The summed E-state index contributed by atoms with van der Waals surface area (Å²) in [4.78, 5) is 27.5. The minimum Gasteiger partial charge on any atom is -0.477 e. The number of hydrogen-bond donors (Lipinski definition) is 1. The van der Waals surface area contributed by atoms with Gasteiger partial charge in [-0.15, -0.1) is 11.3 Å². The molecule has 2 N–H and O–H groups in total. The van der Waals surface area contributed by atoms with Crippen LogP contribution in [0, 0.1) is 0 Å². The number of rotatable bonds is 5. The number of nitrogens with two attached hydrogens (primary N) is 1. The van der Waals surface area contributed by atoms with Crippen molar-refractivity contribution in [3.8, 4) is 22.0 Å². The normalized spacial score (nSPS) is 15.3. The Labute approximate surface area is 194 Å².